The molecule has 2 heterocycles. The largest absolute Gasteiger partial charge is 0.424 e. The highest BCUT2D eigenvalue weighted by molar-refractivity contribution is 6.30. The second-order valence-electron chi connectivity index (χ2n) is 5.90. The average molecular weight is 401 g/mol. The van der Waals surface area contributed by atoms with Crippen LogP contribution >= 0.6 is 11.6 Å². The second kappa shape index (κ2) is 6.97. The third-order valence-corrected chi connectivity index (χ3v) is 4.16. The molecular formula is C19H11ClF2N4O2. The summed E-state index contributed by atoms with van der Waals surface area (Å²) in [5.41, 5.74) is -0.178. The first kappa shape index (κ1) is 18.0. The molecule has 0 amide bonds. The summed E-state index contributed by atoms with van der Waals surface area (Å²) < 4.78 is 33.8. The van der Waals surface area contributed by atoms with Crippen LogP contribution in [0.3, 0.4) is 0 Å². The number of nitrogens with zero attached hydrogens (tertiary/aromatic N) is 4. The highest BCUT2D eigenvalue weighted by atomic mass is 35.5. The van der Waals surface area contributed by atoms with Crippen LogP contribution in [0.25, 0.3) is 22.4 Å². The molecule has 4 aromatic rings. The van der Waals surface area contributed by atoms with E-state index in [9.17, 15) is 13.6 Å². The molecule has 0 atom stereocenters. The molecule has 0 N–H and O–H groups in total. The van der Waals surface area contributed by atoms with Crippen molar-refractivity contribution in [2.75, 3.05) is 0 Å². The van der Waals surface area contributed by atoms with E-state index in [2.05, 4.69) is 15.0 Å². The van der Waals surface area contributed by atoms with Crippen molar-refractivity contribution in [3.05, 3.63) is 75.7 Å². The zero-order valence-electron chi connectivity index (χ0n) is 14.4. The SMILES string of the molecule is Cn1c(=O)c(-c2cc(F)cc(F)c2)nc2cnc(Oc3cccc(Cl)c3)nc21. The van der Waals surface area contributed by atoms with Gasteiger partial charge in [0.2, 0.25) is 0 Å². The molecule has 2 aromatic heterocycles. The lowest BCUT2D eigenvalue weighted by Crippen LogP contribution is -2.22. The van der Waals surface area contributed by atoms with Crippen LogP contribution in [0.4, 0.5) is 8.78 Å². The van der Waals surface area contributed by atoms with Crippen molar-refractivity contribution >= 4 is 22.8 Å². The van der Waals surface area contributed by atoms with Gasteiger partial charge in [-0.15, -0.1) is 0 Å². The minimum absolute atomic E-state index is 0.00360. The van der Waals surface area contributed by atoms with Crippen molar-refractivity contribution in [1.82, 2.24) is 19.5 Å². The molecule has 0 aliphatic carbocycles. The maximum atomic E-state index is 13.5. The quantitative estimate of drug-likeness (QED) is 0.517. The van der Waals surface area contributed by atoms with Gasteiger partial charge in [0.1, 0.15) is 28.6 Å². The Balaban J connectivity index is 1.81. The molecule has 2 aromatic carbocycles. The van der Waals surface area contributed by atoms with Crippen LogP contribution in [0.2, 0.25) is 5.02 Å². The molecule has 0 aliphatic rings. The number of aryl methyl sites for hydroxylation is 1. The van der Waals surface area contributed by atoms with E-state index in [0.717, 1.165) is 18.2 Å². The Morgan fingerprint density at radius 2 is 1.82 bits per heavy atom. The summed E-state index contributed by atoms with van der Waals surface area (Å²) >= 11 is 5.92. The number of halogens is 3. The highest BCUT2D eigenvalue weighted by Gasteiger charge is 2.15. The molecule has 0 unspecified atom stereocenters. The van der Waals surface area contributed by atoms with E-state index in [4.69, 9.17) is 16.3 Å². The molecular weight excluding hydrogens is 390 g/mol. The van der Waals surface area contributed by atoms with Crippen LogP contribution in [-0.4, -0.2) is 19.5 Å². The van der Waals surface area contributed by atoms with Crippen LogP contribution in [0.15, 0.2) is 53.5 Å². The minimum Gasteiger partial charge on any atom is -0.424 e. The van der Waals surface area contributed by atoms with E-state index in [-0.39, 0.29) is 28.4 Å². The number of ether oxygens (including phenoxy) is 1. The molecule has 0 bridgehead atoms. The number of rotatable bonds is 3. The summed E-state index contributed by atoms with van der Waals surface area (Å²) in [5.74, 6) is -1.18. The van der Waals surface area contributed by atoms with E-state index < -0.39 is 17.2 Å². The number of hydrogen-bond acceptors (Lipinski definition) is 5. The predicted octanol–water partition coefficient (Wildman–Crippen LogP) is 4.11. The lowest BCUT2D eigenvalue weighted by molar-refractivity contribution is 0.443. The van der Waals surface area contributed by atoms with Gasteiger partial charge in [0.15, 0.2) is 5.65 Å². The first-order valence-electron chi connectivity index (χ1n) is 8.04. The average Bonchev–Trinajstić information content (AvgIpc) is 2.64. The van der Waals surface area contributed by atoms with Gasteiger partial charge in [-0.05, 0) is 30.3 Å². The van der Waals surface area contributed by atoms with Gasteiger partial charge in [-0.1, -0.05) is 17.7 Å². The third-order valence-electron chi connectivity index (χ3n) is 3.93. The van der Waals surface area contributed by atoms with Crippen molar-refractivity contribution in [3.63, 3.8) is 0 Å². The van der Waals surface area contributed by atoms with Gasteiger partial charge < -0.3 is 4.74 Å². The molecule has 6 nitrogen and oxygen atoms in total. The molecule has 9 heteroatoms. The molecule has 4 rings (SSSR count). The fourth-order valence-electron chi connectivity index (χ4n) is 2.66. The standard InChI is InChI=1S/C19H11ClF2N4O2/c1-26-17-15(9-23-19(25-17)28-14-4-2-3-11(20)7-14)24-16(18(26)27)10-5-12(21)8-13(22)6-10/h2-9H,1H3. The summed E-state index contributed by atoms with van der Waals surface area (Å²) in [7, 11) is 1.47. The summed E-state index contributed by atoms with van der Waals surface area (Å²) in [6.07, 6.45) is 1.36. The van der Waals surface area contributed by atoms with Gasteiger partial charge in [-0.2, -0.15) is 4.98 Å². The third kappa shape index (κ3) is 3.41. The van der Waals surface area contributed by atoms with E-state index >= 15 is 0 Å². The molecule has 140 valence electrons. The Morgan fingerprint density at radius 1 is 1.07 bits per heavy atom. The van der Waals surface area contributed by atoms with E-state index in [1.54, 1.807) is 24.3 Å². The van der Waals surface area contributed by atoms with Gasteiger partial charge in [-0.3, -0.25) is 9.36 Å². The Kier molecular flexibility index (Phi) is 4.48. The van der Waals surface area contributed by atoms with Crippen molar-refractivity contribution < 1.29 is 13.5 Å². The van der Waals surface area contributed by atoms with Gasteiger partial charge in [0, 0.05) is 23.7 Å². The Morgan fingerprint density at radius 3 is 2.54 bits per heavy atom. The lowest BCUT2D eigenvalue weighted by Gasteiger charge is -2.09. The van der Waals surface area contributed by atoms with Crippen LogP contribution in [-0.2, 0) is 7.05 Å². The summed E-state index contributed by atoms with van der Waals surface area (Å²) in [4.78, 5) is 25.1. The topological polar surface area (TPSA) is 69.9 Å². The number of hydrogen-bond donors (Lipinski definition) is 0. The normalized spacial score (nSPS) is 11.0. The second-order valence-corrected chi connectivity index (χ2v) is 6.34. The summed E-state index contributed by atoms with van der Waals surface area (Å²) in [5, 5.41) is 0.485. The van der Waals surface area contributed by atoms with E-state index in [1.807, 2.05) is 0 Å². The molecule has 0 spiro atoms. The zero-order chi connectivity index (χ0) is 19.8. The molecule has 0 radical (unpaired) electrons. The zero-order valence-corrected chi connectivity index (χ0v) is 15.1. The van der Waals surface area contributed by atoms with E-state index in [1.165, 1.54) is 17.8 Å². The van der Waals surface area contributed by atoms with Gasteiger partial charge >= 0.3 is 6.01 Å². The molecule has 0 saturated heterocycles. The monoisotopic (exact) mass is 400 g/mol. The minimum atomic E-state index is -0.805. The van der Waals surface area contributed by atoms with Crippen molar-refractivity contribution in [2.45, 2.75) is 0 Å². The highest BCUT2D eigenvalue weighted by Crippen LogP contribution is 2.23. The number of benzene rings is 2. The maximum absolute atomic E-state index is 13.5. The molecule has 0 saturated carbocycles. The smallest absolute Gasteiger partial charge is 0.324 e. The van der Waals surface area contributed by atoms with Gasteiger partial charge in [0.25, 0.3) is 5.56 Å². The number of fused-ring (bicyclic) bond motifs is 1. The van der Waals surface area contributed by atoms with Gasteiger partial charge in [-0.25, -0.2) is 18.7 Å². The Labute approximate surface area is 162 Å². The van der Waals surface area contributed by atoms with Crippen molar-refractivity contribution in [2.24, 2.45) is 7.05 Å². The van der Waals surface area contributed by atoms with Crippen LogP contribution < -0.4 is 10.3 Å². The van der Waals surface area contributed by atoms with Crippen LogP contribution in [0.1, 0.15) is 0 Å². The van der Waals surface area contributed by atoms with Gasteiger partial charge in [0.05, 0.1) is 6.20 Å². The fourth-order valence-corrected chi connectivity index (χ4v) is 2.84. The Hall–Kier alpha value is -3.39. The van der Waals surface area contributed by atoms with Crippen LogP contribution in [0, 0.1) is 11.6 Å². The molecule has 28 heavy (non-hydrogen) atoms. The van der Waals surface area contributed by atoms with E-state index in [0.29, 0.717) is 10.8 Å². The first-order chi connectivity index (χ1) is 13.4. The maximum Gasteiger partial charge on any atom is 0.324 e. The van der Waals surface area contributed by atoms with Crippen molar-refractivity contribution in [3.8, 4) is 23.0 Å². The molecule has 0 fully saturated rings. The number of aromatic nitrogens is 4. The lowest BCUT2D eigenvalue weighted by atomic mass is 10.1. The summed E-state index contributed by atoms with van der Waals surface area (Å²) in [6.45, 7) is 0. The Bertz CT molecular complexity index is 1260. The summed E-state index contributed by atoms with van der Waals surface area (Å²) in [6, 6.07) is 9.47. The predicted molar refractivity (Wildman–Crippen MR) is 99.5 cm³/mol. The van der Waals surface area contributed by atoms with Crippen LogP contribution in [0.5, 0.6) is 11.8 Å². The fraction of sp³-hybridized carbons (Fsp3) is 0.0526. The first-order valence-corrected chi connectivity index (χ1v) is 8.42. The molecule has 0 aliphatic heterocycles. The van der Waals surface area contributed by atoms with Crippen molar-refractivity contribution in [1.29, 1.82) is 0 Å².